The van der Waals surface area contributed by atoms with Crippen LogP contribution in [0, 0.1) is 23.7 Å². The number of amides is 2. The number of fused-ring (bicyclic) bond motifs is 3. The lowest BCUT2D eigenvalue weighted by Crippen LogP contribution is -2.49. The van der Waals surface area contributed by atoms with Crippen LogP contribution in [0.2, 0.25) is 0 Å². The minimum absolute atomic E-state index is 0.0654. The number of aromatic nitrogens is 2. The van der Waals surface area contributed by atoms with E-state index in [1.165, 1.54) is 6.42 Å². The number of carboxylic acid groups (broad SMARTS) is 1. The van der Waals surface area contributed by atoms with E-state index in [1.807, 2.05) is 6.92 Å². The predicted molar refractivity (Wildman–Crippen MR) is 111 cm³/mol. The number of rotatable bonds is 6. The van der Waals surface area contributed by atoms with Gasteiger partial charge in [-0.2, -0.15) is 5.10 Å². The molecular weight excluding hydrogens is 384 g/mol. The van der Waals surface area contributed by atoms with Gasteiger partial charge in [-0.15, -0.1) is 0 Å². The van der Waals surface area contributed by atoms with Crippen molar-refractivity contribution in [2.75, 3.05) is 5.32 Å². The standard InChI is InChI=1S/C22H32N4O4/c1-2-26-12-16(19(25-26)21(28)23-15-6-4-3-5-7-15)24-20(27)17-13-8-10-14(11-9-13)18(17)22(29)30/h12-15,17-18H,2-11H2,1H3,(H,23,28)(H,24,27)(H,29,30). The summed E-state index contributed by atoms with van der Waals surface area (Å²) in [6.45, 7) is 2.49. The second-order valence-corrected chi connectivity index (χ2v) is 9.11. The number of aryl methyl sites for hydroxylation is 1. The van der Waals surface area contributed by atoms with E-state index < -0.39 is 17.8 Å². The molecule has 8 heteroatoms. The molecule has 4 aliphatic rings. The Labute approximate surface area is 176 Å². The first-order valence-electron chi connectivity index (χ1n) is 11.4. The number of anilines is 1. The number of nitrogens with zero attached hydrogens (tertiary/aromatic N) is 2. The van der Waals surface area contributed by atoms with Gasteiger partial charge in [0.25, 0.3) is 5.91 Å². The first-order chi connectivity index (χ1) is 14.5. The first-order valence-corrected chi connectivity index (χ1v) is 11.4. The molecule has 0 aliphatic heterocycles. The smallest absolute Gasteiger partial charge is 0.307 e. The SMILES string of the molecule is CCn1cc(NC(=O)C2C3CCC(CC3)C2C(=O)O)c(C(=O)NC2CCCCC2)n1. The zero-order valence-corrected chi connectivity index (χ0v) is 17.6. The Kier molecular flexibility index (Phi) is 6.11. The van der Waals surface area contributed by atoms with Crippen molar-refractivity contribution in [1.82, 2.24) is 15.1 Å². The maximum absolute atomic E-state index is 13.2. The van der Waals surface area contributed by atoms with Crippen LogP contribution in [-0.4, -0.2) is 38.7 Å². The van der Waals surface area contributed by atoms with Gasteiger partial charge < -0.3 is 15.7 Å². The molecule has 2 atom stereocenters. The molecule has 30 heavy (non-hydrogen) atoms. The van der Waals surface area contributed by atoms with Gasteiger partial charge in [0.15, 0.2) is 5.69 Å². The topological polar surface area (TPSA) is 113 Å². The Balaban J connectivity index is 1.52. The second-order valence-electron chi connectivity index (χ2n) is 9.11. The van der Waals surface area contributed by atoms with Gasteiger partial charge in [-0.25, -0.2) is 0 Å². The van der Waals surface area contributed by atoms with Gasteiger partial charge in [0.2, 0.25) is 5.91 Å². The highest BCUT2D eigenvalue weighted by Crippen LogP contribution is 2.49. The molecule has 2 amide bonds. The van der Waals surface area contributed by atoms with Crippen molar-refractivity contribution >= 4 is 23.5 Å². The number of hydrogen-bond donors (Lipinski definition) is 3. The van der Waals surface area contributed by atoms with E-state index in [2.05, 4.69) is 15.7 Å². The molecule has 4 saturated carbocycles. The van der Waals surface area contributed by atoms with E-state index in [0.717, 1.165) is 51.4 Å². The molecule has 1 aromatic heterocycles. The van der Waals surface area contributed by atoms with Gasteiger partial charge in [-0.3, -0.25) is 19.1 Å². The van der Waals surface area contributed by atoms with Crippen LogP contribution in [0.3, 0.4) is 0 Å². The lowest BCUT2D eigenvalue weighted by molar-refractivity contribution is -0.156. The van der Waals surface area contributed by atoms with Crippen LogP contribution in [-0.2, 0) is 16.1 Å². The fraction of sp³-hybridized carbons (Fsp3) is 0.727. The van der Waals surface area contributed by atoms with Crippen molar-refractivity contribution < 1.29 is 19.5 Å². The molecule has 1 aromatic rings. The molecule has 1 heterocycles. The minimum Gasteiger partial charge on any atom is -0.481 e. The zero-order chi connectivity index (χ0) is 21.3. The summed E-state index contributed by atoms with van der Waals surface area (Å²) >= 11 is 0. The van der Waals surface area contributed by atoms with Crippen molar-refractivity contribution in [3.8, 4) is 0 Å². The molecule has 0 saturated heterocycles. The zero-order valence-electron chi connectivity index (χ0n) is 17.6. The molecule has 4 fully saturated rings. The Morgan fingerprint density at radius 3 is 2.27 bits per heavy atom. The van der Waals surface area contributed by atoms with Crippen LogP contribution in [0.5, 0.6) is 0 Å². The summed E-state index contributed by atoms with van der Waals surface area (Å²) in [4.78, 5) is 38.0. The molecule has 0 spiro atoms. The lowest BCUT2D eigenvalue weighted by atomic mass is 9.58. The molecule has 0 aromatic carbocycles. The summed E-state index contributed by atoms with van der Waals surface area (Å²) in [6.07, 6.45) is 10.6. The first kappa shape index (κ1) is 20.9. The third kappa shape index (κ3) is 4.09. The summed E-state index contributed by atoms with van der Waals surface area (Å²) in [5.74, 6) is -2.48. The fourth-order valence-corrected chi connectivity index (χ4v) is 5.74. The molecular formula is C22H32N4O4. The van der Waals surface area contributed by atoms with Crippen LogP contribution in [0.4, 0.5) is 5.69 Å². The van der Waals surface area contributed by atoms with Crippen molar-refractivity contribution in [3.63, 3.8) is 0 Å². The molecule has 8 nitrogen and oxygen atoms in total. The van der Waals surface area contributed by atoms with E-state index >= 15 is 0 Å². The Morgan fingerprint density at radius 2 is 1.67 bits per heavy atom. The lowest BCUT2D eigenvalue weighted by Gasteiger charge is -2.45. The molecule has 0 radical (unpaired) electrons. The third-order valence-electron chi connectivity index (χ3n) is 7.31. The fourth-order valence-electron chi connectivity index (χ4n) is 5.74. The van der Waals surface area contributed by atoms with Gasteiger partial charge in [0.05, 0.1) is 17.5 Å². The van der Waals surface area contributed by atoms with Gasteiger partial charge in [0, 0.05) is 18.8 Å². The van der Waals surface area contributed by atoms with Crippen molar-refractivity contribution in [3.05, 3.63) is 11.9 Å². The third-order valence-corrected chi connectivity index (χ3v) is 7.31. The summed E-state index contributed by atoms with van der Waals surface area (Å²) < 4.78 is 1.63. The molecule has 5 rings (SSSR count). The van der Waals surface area contributed by atoms with Crippen molar-refractivity contribution in [1.29, 1.82) is 0 Å². The average Bonchev–Trinajstić information content (AvgIpc) is 3.17. The maximum Gasteiger partial charge on any atom is 0.307 e. The molecule has 164 valence electrons. The maximum atomic E-state index is 13.2. The normalized spacial score (nSPS) is 28.8. The Bertz CT molecular complexity index is 806. The highest BCUT2D eigenvalue weighted by molar-refractivity contribution is 6.03. The number of hydrogen-bond acceptors (Lipinski definition) is 4. The summed E-state index contributed by atoms with van der Waals surface area (Å²) in [6, 6.07) is 0.145. The number of carbonyl (C=O) groups excluding carboxylic acids is 2. The van der Waals surface area contributed by atoms with E-state index in [4.69, 9.17) is 0 Å². The minimum atomic E-state index is -0.885. The highest BCUT2D eigenvalue weighted by Gasteiger charge is 2.50. The van der Waals surface area contributed by atoms with E-state index in [0.29, 0.717) is 12.2 Å². The van der Waals surface area contributed by atoms with Crippen LogP contribution in [0.25, 0.3) is 0 Å². The van der Waals surface area contributed by atoms with Crippen LogP contribution >= 0.6 is 0 Å². The van der Waals surface area contributed by atoms with Gasteiger partial charge in [-0.05, 0) is 57.3 Å². The van der Waals surface area contributed by atoms with E-state index in [-0.39, 0.29) is 35.4 Å². The molecule has 3 N–H and O–H groups in total. The van der Waals surface area contributed by atoms with Gasteiger partial charge in [0.1, 0.15) is 0 Å². The Hall–Kier alpha value is -2.38. The Morgan fingerprint density at radius 1 is 1.03 bits per heavy atom. The van der Waals surface area contributed by atoms with Crippen LogP contribution in [0.15, 0.2) is 6.20 Å². The van der Waals surface area contributed by atoms with Gasteiger partial charge >= 0.3 is 5.97 Å². The van der Waals surface area contributed by atoms with E-state index in [9.17, 15) is 19.5 Å². The van der Waals surface area contributed by atoms with E-state index in [1.54, 1.807) is 10.9 Å². The number of carbonyl (C=O) groups is 3. The van der Waals surface area contributed by atoms with Crippen LogP contribution < -0.4 is 10.6 Å². The molecule has 2 bridgehead atoms. The summed E-state index contributed by atoms with van der Waals surface area (Å²) in [7, 11) is 0. The predicted octanol–water partition coefficient (Wildman–Crippen LogP) is 3.04. The van der Waals surface area contributed by atoms with Gasteiger partial charge in [-0.1, -0.05) is 19.3 Å². The quantitative estimate of drug-likeness (QED) is 0.660. The highest BCUT2D eigenvalue weighted by atomic mass is 16.4. The summed E-state index contributed by atoms with van der Waals surface area (Å²) in [5, 5.41) is 20.1. The number of carboxylic acids is 1. The molecule has 4 aliphatic carbocycles. The number of aliphatic carboxylic acids is 1. The molecule has 2 unspecified atom stereocenters. The van der Waals surface area contributed by atoms with Crippen molar-refractivity contribution in [2.24, 2.45) is 23.7 Å². The summed E-state index contributed by atoms with van der Waals surface area (Å²) in [5.41, 5.74) is 0.587. The monoisotopic (exact) mass is 416 g/mol. The second kappa shape index (κ2) is 8.78. The number of nitrogens with one attached hydrogen (secondary N) is 2. The van der Waals surface area contributed by atoms with Crippen molar-refractivity contribution in [2.45, 2.75) is 77.3 Å². The van der Waals surface area contributed by atoms with Crippen LogP contribution in [0.1, 0.15) is 75.2 Å². The average molecular weight is 417 g/mol. The largest absolute Gasteiger partial charge is 0.481 e.